The number of rotatable bonds is 0. The molecular weight excluding hydrogens is 188 g/mol. The third-order valence-electron chi connectivity index (χ3n) is 3.60. The average Bonchev–Trinajstić information content (AvgIpc) is 2.16. The van der Waals surface area contributed by atoms with Gasteiger partial charge in [0.15, 0.2) is 0 Å². The quantitative estimate of drug-likeness (QED) is 0.645. The summed E-state index contributed by atoms with van der Waals surface area (Å²) in [4.78, 5) is 11.7. The fourth-order valence-corrected chi connectivity index (χ4v) is 2.93. The lowest BCUT2D eigenvalue weighted by molar-refractivity contribution is -0.120. The minimum absolute atomic E-state index is 0.0273. The first-order valence-electron chi connectivity index (χ1n) is 5.46. The Kier molecular flexibility index (Phi) is 1.70. The number of ether oxygens (including phenoxy) is 1. The van der Waals surface area contributed by atoms with Gasteiger partial charge in [0, 0.05) is 23.8 Å². The van der Waals surface area contributed by atoms with E-state index in [1.54, 1.807) is 0 Å². The molecule has 0 saturated heterocycles. The fraction of sp³-hybridized carbons (Fsp3) is 0.462. The van der Waals surface area contributed by atoms with Crippen LogP contribution < -0.4 is 4.74 Å². The summed E-state index contributed by atoms with van der Waals surface area (Å²) in [5.41, 5.74) is 2.49. The lowest BCUT2D eigenvalue weighted by Gasteiger charge is -2.39. The Hall–Kier alpha value is -1.31. The van der Waals surface area contributed by atoms with E-state index in [0.717, 1.165) is 18.8 Å². The minimum Gasteiger partial charge on any atom is -0.493 e. The fourth-order valence-electron chi connectivity index (χ4n) is 2.93. The predicted molar refractivity (Wildman–Crippen MR) is 57.2 cm³/mol. The number of carbonyl (C=O) groups is 1. The van der Waals surface area contributed by atoms with Crippen molar-refractivity contribution in [3.05, 3.63) is 29.3 Å². The topological polar surface area (TPSA) is 26.3 Å². The highest BCUT2D eigenvalue weighted by Crippen LogP contribution is 2.45. The zero-order valence-corrected chi connectivity index (χ0v) is 8.88. The monoisotopic (exact) mass is 202 g/mol. The van der Waals surface area contributed by atoms with Gasteiger partial charge in [-0.3, -0.25) is 4.79 Å². The SMILES string of the molecule is C[C@]12CCOc3cccc(c31)CC(=O)C2. The second kappa shape index (κ2) is 2.84. The minimum atomic E-state index is 0.0273. The molecule has 0 unspecified atom stereocenters. The van der Waals surface area contributed by atoms with E-state index in [1.165, 1.54) is 11.1 Å². The van der Waals surface area contributed by atoms with Crippen LogP contribution in [0.25, 0.3) is 0 Å². The molecule has 0 fully saturated rings. The molecule has 0 spiro atoms. The summed E-state index contributed by atoms with van der Waals surface area (Å²) in [6.07, 6.45) is 2.23. The van der Waals surface area contributed by atoms with Crippen LogP contribution in [0.15, 0.2) is 18.2 Å². The molecule has 0 amide bonds. The number of carbonyl (C=O) groups excluding carboxylic acids is 1. The third kappa shape index (κ3) is 1.21. The van der Waals surface area contributed by atoms with Crippen LogP contribution in [0.5, 0.6) is 5.75 Å². The van der Waals surface area contributed by atoms with Gasteiger partial charge in [-0.2, -0.15) is 0 Å². The first kappa shape index (κ1) is 8.96. The van der Waals surface area contributed by atoms with Gasteiger partial charge in [0.25, 0.3) is 0 Å². The molecular formula is C13H14O2. The van der Waals surface area contributed by atoms with Gasteiger partial charge in [0.2, 0.25) is 0 Å². The van der Waals surface area contributed by atoms with Gasteiger partial charge in [-0.1, -0.05) is 19.1 Å². The molecule has 1 aliphatic heterocycles. The van der Waals surface area contributed by atoms with Crippen molar-refractivity contribution >= 4 is 5.78 Å². The summed E-state index contributed by atoms with van der Waals surface area (Å²) >= 11 is 0. The molecule has 2 heteroatoms. The van der Waals surface area contributed by atoms with Gasteiger partial charge in [-0.25, -0.2) is 0 Å². The molecule has 0 radical (unpaired) electrons. The van der Waals surface area contributed by atoms with Crippen LogP contribution in [-0.2, 0) is 16.6 Å². The van der Waals surface area contributed by atoms with Crippen LogP contribution in [0.4, 0.5) is 0 Å². The smallest absolute Gasteiger partial charge is 0.138 e. The zero-order chi connectivity index (χ0) is 10.5. The molecule has 1 atom stereocenters. The molecule has 2 aliphatic rings. The Morgan fingerprint density at radius 3 is 3.13 bits per heavy atom. The van der Waals surface area contributed by atoms with Gasteiger partial charge >= 0.3 is 0 Å². The van der Waals surface area contributed by atoms with Gasteiger partial charge < -0.3 is 4.74 Å². The van der Waals surface area contributed by atoms with Crippen LogP contribution in [0, 0.1) is 0 Å². The highest BCUT2D eigenvalue weighted by molar-refractivity contribution is 5.85. The molecule has 1 aliphatic carbocycles. The first-order valence-corrected chi connectivity index (χ1v) is 5.46. The van der Waals surface area contributed by atoms with E-state index in [9.17, 15) is 4.79 Å². The number of benzene rings is 1. The molecule has 0 aromatic heterocycles. The maximum Gasteiger partial charge on any atom is 0.138 e. The largest absolute Gasteiger partial charge is 0.493 e. The van der Waals surface area contributed by atoms with Crippen molar-refractivity contribution in [2.75, 3.05) is 6.61 Å². The van der Waals surface area contributed by atoms with E-state index in [-0.39, 0.29) is 5.41 Å². The molecule has 15 heavy (non-hydrogen) atoms. The van der Waals surface area contributed by atoms with Gasteiger partial charge in [0.05, 0.1) is 6.61 Å². The molecule has 1 heterocycles. The van der Waals surface area contributed by atoms with Crippen molar-refractivity contribution < 1.29 is 9.53 Å². The standard InChI is InChI=1S/C13H14O2/c1-13-5-6-15-11-4-2-3-9(12(11)13)7-10(14)8-13/h2-4H,5-8H2,1H3/t13-/m1/s1. The number of hydrogen-bond acceptors (Lipinski definition) is 2. The van der Waals surface area contributed by atoms with Crippen LogP contribution >= 0.6 is 0 Å². The lowest BCUT2D eigenvalue weighted by Crippen LogP contribution is -2.37. The van der Waals surface area contributed by atoms with Crippen molar-refractivity contribution in [2.24, 2.45) is 0 Å². The van der Waals surface area contributed by atoms with E-state index in [2.05, 4.69) is 13.0 Å². The van der Waals surface area contributed by atoms with E-state index >= 15 is 0 Å². The Bertz CT molecular complexity index is 436. The Morgan fingerprint density at radius 2 is 2.27 bits per heavy atom. The molecule has 3 rings (SSSR count). The number of hydrogen-bond donors (Lipinski definition) is 0. The van der Waals surface area contributed by atoms with Crippen molar-refractivity contribution in [2.45, 2.75) is 31.6 Å². The molecule has 0 saturated carbocycles. The lowest BCUT2D eigenvalue weighted by atomic mass is 9.68. The molecule has 2 nitrogen and oxygen atoms in total. The van der Waals surface area contributed by atoms with Crippen molar-refractivity contribution in [1.82, 2.24) is 0 Å². The molecule has 0 N–H and O–H groups in total. The summed E-state index contributed by atoms with van der Waals surface area (Å²) in [6, 6.07) is 6.06. The third-order valence-corrected chi connectivity index (χ3v) is 3.60. The highest BCUT2D eigenvalue weighted by atomic mass is 16.5. The molecule has 78 valence electrons. The second-order valence-electron chi connectivity index (χ2n) is 4.84. The zero-order valence-electron chi connectivity index (χ0n) is 8.88. The summed E-state index contributed by atoms with van der Waals surface area (Å²) in [5.74, 6) is 1.36. The summed E-state index contributed by atoms with van der Waals surface area (Å²) in [7, 11) is 0. The van der Waals surface area contributed by atoms with E-state index in [0.29, 0.717) is 18.6 Å². The van der Waals surface area contributed by atoms with Crippen LogP contribution in [0.1, 0.15) is 30.9 Å². The van der Waals surface area contributed by atoms with Crippen molar-refractivity contribution in [3.63, 3.8) is 0 Å². The Balaban J connectivity index is 2.26. The Morgan fingerprint density at radius 1 is 1.40 bits per heavy atom. The second-order valence-corrected chi connectivity index (χ2v) is 4.84. The van der Waals surface area contributed by atoms with Gasteiger partial charge in [0.1, 0.15) is 11.5 Å². The first-order chi connectivity index (χ1) is 7.19. The van der Waals surface area contributed by atoms with Crippen LogP contribution in [-0.4, -0.2) is 12.4 Å². The van der Waals surface area contributed by atoms with E-state index in [4.69, 9.17) is 4.74 Å². The maximum atomic E-state index is 11.7. The Labute approximate surface area is 89.2 Å². The number of ketones is 1. The maximum absolute atomic E-state index is 11.7. The average molecular weight is 202 g/mol. The normalized spacial score (nSPS) is 28.2. The molecule has 0 bridgehead atoms. The van der Waals surface area contributed by atoms with Crippen LogP contribution in [0.3, 0.4) is 0 Å². The van der Waals surface area contributed by atoms with Gasteiger partial charge in [-0.15, -0.1) is 0 Å². The summed E-state index contributed by atoms with van der Waals surface area (Å²) in [5, 5.41) is 0. The van der Waals surface area contributed by atoms with Crippen molar-refractivity contribution in [3.8, 4) is 5.75 Å². The van der Waals surface area contributed by atoms with Crippen molar-refractivity contribution in [1.29, 1.82) is 0 Å². The number of Topliss-reactive ketones (excluding diaryl/α,β-unsaturated/α-hetero) is 1. The van der Waals surface area contributed by atoms with E-state index in [1.807, 2.05) is 12.1 Å². The highest BCUT2D eigenvalue weighted by Gasteiger charge is 2.40. The van der Waals surface area contributed by atoms with Crippen LogP contribution in [0.2, 0.25) is 0 Å². The van der Waals surface area contributed by atoms with Gasteiger partial charge in [-0.05, 0) is 18.1 Å². The predicted octanol–water partition coefficient (Wildman–Crippen LogP) is 2.24. The molecule has 1 aromatic carbocycles. The summed E-state index contributed by atoms with van der Waals surface area (Å²) in [6.45, 7) is 2.93. The summed E-state index contributed by atoms with van der Waals surface area (Å²) < 4.78 is 5.66. The van der Waals surface area contributed by atoms with E-state index < -0.39 is 0 Å². The molecule has 1 aromatic rings.